The molecule has 1 N–H and O–H groups in total. The summed E-state index contributed by atoms with van der Waals surface area (Å²) in [6.45, 7) is 0.933. The van der Waals surface area contributed by atoms with Crippen molar-refractivity contribution in [3.8, 4) is 0 Å². The highest BCUT2D eigenvalue weighted by Crippen LogP contribution is 2.39. The molecule has 1 saturated heterocycles. The fourth-order valence-electron chi connectivity index (χ4n) is 4.59. The highest BCUT2D eigenvalue weighted by molar-refractivity contribution is 5.50. The maximum atomic E-state index is 6.21. The van der Waals surface area contributed by atoms with Crippen molar-refractivity contribution in [2.45, 2.75) is 75.9 Å². The normalized spacial score (nSPS) is 27.5. The third-order valence-corrected chi connectivity index (χ3v) is 5.73. The maximum Gasteiger partial charge on any atom is 0.0702 e. The van der Waals surface area contributed by atoms with Gasteiger partial charge in [0, 0.05) is 18.3 Å². The van der Waals surface area contributed by atoms with E-state index in [1.54, 1.807) is 11.1 Å². The number of anilines is 1. The molecule has 0 aromatic heterocycles. The molecule has 4 rings (SSSR count). The lowest BCUT2D eigenvalue weighted by Crippen LogP contribution is -2.45. The summed E-state index contributed by atoms with van der Waals surface area (Å²) in [7, 11) is 0. The minimum Gasteiger partial charge on any atom is -0.382 e. The zero-order valence-corrected chi connectivity index (χ0v) is 13.0. The first kappa shape index (κ1) is 13.6. The Hall–Kier alpha value is -1.02. The molecule has 1 spiro atoms. The predicted octanol–water partition coefficient (Wildman–Crippen LogP) is 4.47. The van der Waals surface area contributed by atoms with Gasteiger partial charge >= 0.3 is 0 Å². The van der Waals surface area contributed by atoms with E-state index in [4.69, 9.17) is 4.74 Å². The number of aryl methyl sites for hydroxylation is 2. The van der Waals surface area contributed by atoms with E-state index in [1.165, 1.54) is 63.5 Å². The molecule has 1 heterocycles. The van der Waals surface area contributed by atoms with Gasteiger partial charge in [-0.25, -0.2) is 0 Å². The summed E-state index contributed by atoms with van der Waals surface area (Å²) in [5.74, 6) is 0. The molecule has 3 aliphatic rings. The van der Waals surface area contributed by atoms with E-state index < -0.39 is 0 Å². The minimum absolute atomic E-state index is 0.199. The van der Waals surface area contributed by atoms with E-state index in [0.717, 1.165) is 13.0 Å². The third-order valence-electron chi connectivity index (χ3n) is 5.73. The molecule has 1 aliphatic heterocycles. The first-order valence-electron chi connectivity index (χ1n) is 8.85. The van der Waals surface area contributed by atoms with Crippen LogP contribution in [0.2, 0.25) is 0 Å². The summed E-state index contributed by atoms with van der Waals surface area (Å²) >= 11 is 0. The van der Waals surface area contributed by atoms with Crippen LogP contribution in [0.15, 0.2) is 18.2 Å². The van der Waals surface area contributed by atoms with Crippen LogP contribution in [0.1, 0.15) is 62.5 Å². The molecule has 0 bridgehead atoms. The van der Waals surface area contributed by atoms with Gasteiger partial charge in [-0.05, 0) is 68.2 Å². The fourth-order valence-corrected chi connectivity index (χ4v) is 4.59. The van der Waals surface area contributed by atoms with E-state index in [0.29, 0.717) is 6.04 Å². The molecule has 0 amide bonds. The molecule has 2 heteroatoms. The van der Waals surface area contributed by atoms with Crippen molar-refractivity contribution in [1.82, 2.24) is 0 Å². The number of benzene rings is 1. The van der Waals surface area contributed by atoms with Crippen LogP contribution in [0.25, 0.3) is 0 Å². The molecule has 2 fully saturated rings. The Morgan fingerprint density at radius 3 is 2.76 bits per heavy atom. The van der Waals surface area contributed by atoms with Gasteiger partial charge < -0.3 is 10.1 Å². The molecule has 0 radical (unpaired) electrons. The number of hydrogen-bond acceptors (Lipinski definition) is 2. The standard InChI is InChI=1S/C19H27NO/c1-2-10-19(11-3-1)14-18(9-12-21-19)20-17-8-7-15-5-4-6-16(15)13-17/h7-8,13,18,20H,1-6,9-12,14H2. The van der Waals surface area contributed by atoms with Gasteiger partial charge in [0.05, 0.1) is 5.60 Å². The number of nitrogens with one attached hydrogen (secondary N) is 1. The van der Waals surface area contributed by atoms with Gasteiger partial charge in [0.15, 0.2) is 0 Å². The van der Waals surface area contributed by atoms with Crippen LogP contribution in [-0.2, 0) is 17.6 Å². The largest absolute Gasteiger partial charge is 0.382 e. The van der Waals surface area contributed by atoms with Crippen molar-refractivity contribution in [2.24, 2.45) is 0 Å². The Labute approximate surface area is 128 Å². The molecule has 1 aromatic rings. The number of ether oxygens (including phenoxy) is 1. The van der Waals surface area contributed by atoms with Crippen molar-refractivity contribution >= 4 is 5.69 Å². The lowest BCUT2D eigenvalue weighted by Gasteiger charge is -2.44. The summed E-state index contributed by atoms with van der Waals surface area (Å²) in [6, 6.07) is 7.61. The van der Waals surface area contributed by atoms with Crippen molar-refractivity contribution in [3.63, 3.8) is 0 Å². The van der Waals surface area contributed by atoms with Gasteiger partial charge in [0.25, 0.3) is 0 Å². The van der Waals surface area contributed by atoms with Crippen LogP contribution in [0, 0.1) is 0 Å². The molecule has 2 nitrogen and oxygen atoms in total. The quantitative estimate of drug-likeness (QED) is 0.865. The molecule has 1 unspecified atom stereocenters. The second kappa shape index (κ2) is 5.64. The highest BCUT2D eigenvalue weighted by Gasteiger charge is 2.38. The lowest BCUT2D eigenvalue weighted by atomic mass is 9.78. The second-order valence-electron chi connectivity index (χ2n) is 7.26. The van der Waals surface area contributed by atoms with Crippen LogP contribution >= 0.6 is 0 Å². The minimum atomic E-state index is 0.199. The van der Waals surface area contributed by atoms with E-state index >= 15 is 0 Å². The van der Waals surface area contributed by atoms with Crippen LogP contribution in [0.5, 0.6) is 0 Å². The smallest absolute Gasteiger partial charge is 0.0702 e. The molecule has 1 atom stereocenters. The van der Waals surface area contributed by atoms with E-state index in [1.807, 2.05) is 0 Å². The van der Waals surface area contributed by atoms with Crippen molar-refractivity contribution in [3.05, 3.63) is 29.3 Å². The second-order valence-corrected chi connectivity index (χ2v) is 7.26. The van der Waals surface area contributed by atoms with Crippen LogP contribution in [0.3, 0.4) is 0 Å². The van der Waals surface area contributed by atoms with Gasteiger partial charge in [-0.3, -0.25) is 0 Å². The molecule has 1 aromatic carbocycles. The Kier molecular flexibility index (Phi) is 3.66. The summed E-state index contributed by atoms with van der Waals surface area (Å²) in [5.41, 5.74) is 4.66. The summed E-state index contributed by atoms with van der Waals surface area (Å²) in [5, 5.41) is 3.80. The lowest BCUT2D eigenvalue weighted by molar-refractivity contribution is -0.103. The molecular weight excluding hydrogens is 258 g/mol. The molecule has 21 heavy (non-hydrogen) atoms. The Morgan fingerprint density at radius 2 is 1.86 bits per heavy atom. The first-order valence-corrected chi connectivity index (χ1v) is 8.85. The van der Waals surface area contributed by atoms with Crippen LogP contribution in [0.4, 0.5) is 5.69 Å². The zero-order chi connectivity index (χ0) is 14.1. The average molecular weight is 285 g/mol. The molecule has 114 valence electrons. The maximum absolute atomic E-state index is 6.21. The van der Waals surface area contributed by atoms with E-state index in [9.17, 15) is 0 Å². The SMILES string of the molecule is c1cc2c(cc1NC1CCOC3(CCCCC3)C1)CCC2. The average Bonchev–Trinajstić information content (AvgIpc) is 2.96. The fraction of sp³-hybridized carbons (Fsp3) is 0.684. The third kappa shape index (κ3) is 2.83. The van der Waals surface area contributed by atoms with Crippen LogP contribution in [-0.4, -0.2) is 18.2 Å². The monoisotopic (exact) mass is 285 g/mol. The molecule has 1 saturated carbocycles. The van der Waals surface area contributed by atoms with Crippen molar-refractivity contribution in [1.29, 1.82) is 0 Å². The highest BCUT2D eigenvalue weighted by atomic mass is 16.5. The van der Waals surface area contributed by atoms with Crippen LogP contribution < -0.4 is 5.32 Å². The van der Waals surface area contributed by atoms with Gasteiger partial charge in [0.1, 0.15) is 0 Å². The first-order chi connectivity index (χ1) is 10.3. The number of hydrogen-bond donors (Lipinski definition) is 1. The summed E-state index contributed by atoms with van der Waals surface area (Å²) in [6.07, 6.45) is 12.9. The zero-order valence-electron chi connectivity index (χ0n) is 13.0. The summed E-state index contributed by atoms with van der Waals surface area (Å²) < 4.78 is 6.21. The molecular formula is C19H27NO. The predicted molar refractivity (Wildman–Crippen MR) is 86.9 cm³/mol. The van der Waals surface area contributed by atoms with Gasteiger partial charge in [-0.15, -0.1) is 0 Å². The Balaban J connectivity index is 1.44. The van der Waals surface area contributed by atoms with Gasteiger partial charge in [0.2, 0.25) is 0 Å². The molecule has 2 aliphatic carbocycles. The topological polar surface area (TPSA) is 21.3 Å². The Morgan fingerprint density at radius 1 is 1.00 bits per heavy atom. The van der Waals surface area contributed by atoms with Gasteiger partial charge in [-0.1, -0.05) is 25.3 Å². The Bertz CT molecular complexity index is 499. The van der Waals surface area contributed by atoms with E-state index in [2.05, 4.69) is 23.5 Å². The van der Waals surface area contributed by atoms with Gasteiger partial charge in [-0.2, -0.15) is 0 Å². The number of rotatable bonds is 2. The van der Waals surface area contributed by atoms with Crippen molar-refractivity contribution in [2.75, 3.05) is 11.9 Å². The summed E-state index contributed by atoms with van der Waals surface area (Å²) in [4.78, 5) is 0. The van der Waals surface area contributed by atoms with E-state index in [-0.39, 0.29) is 5.60 Å². The van der Waals surface area contributed by atoms with Crippen molar-refractivity contribution < 1.29 is 4.74 Å². The number of fused-ring (bicyclic) bond motifs is 1.